The Balaban J connectivity index is 1.38. The van der Waals surface area contributed by atoms with E-state index in [0.29, 0.717) is 13.1 Å². The number of aryl methyl sites for hydroxylation is 1. The molecule has 1 fully saturated rings. The first kappa shape index (κ1) is 15.6. The summed E-state index contributed by atoms with van der Waals surface area (Å²) in [6.07, 6.45) is 3.50. The molecular formula is C16H21N3OS2. The van der Waals surface area contributed by atoms with Crippen molar-refractivity contribution in [3.05, 3.63) is 27.4 Å². The van der Waals surface area contributed by atoms with Crippen molar-refractivity contribution in [2.45, 2.75) is 26.2 Å². The van der Waals surface area contributed by atoms with E-state index in [0.717, 1.165) is 29.6 Å². The fourth-order valence-corrected chi connectivity index (χ4v) is 3.88. The highest BCUT2D eigenvalue weighted by Gasteiger charge is 2.20. The molecule has 2 aromatic rings. The summed E-state index contributed by atoms with van der Waals surface area (Å²) in [6.45, 7) is 4.13. The first-order valence-electron chi connectivity index (χ1n) is 7.69. The van der Waals surface area contributed by atoms with Crippen molar-refractivity contribution >= 4 is 28.6 Å². The van der Waals surface area contributed by atoms with E-state index in [9.17, 15) is 4.79 Å². The molecule has 0 unspecified atom stereocenters. The highest BCUT2D eigenvalue weighted by molar-refractivity contribution is 7.16. The molecule has 3 rings (SSSR count). The van der Waals surface area contributed by atoms with E-state index < -0.39 is 0 Å². The molecule has 0 aliphatic heterocycles. The van der Waals surface area contributed by atoms with Gasteiger partial charge in [-0.05, 0) is 50.8 Å². The highest BCUT2D eigenvalue weighted by Crippen LogP contribution is 2.29. The molecule has 118 valence electrons. The topological polar surface area (TPSA) is 54.0 Å². The van der Waals surface area contributed by atoms with E-state index in [1.54, 1.807) is 22.7 Å². The number of hydrogen-bond acceptors (Lipinski definition) is 5. The normalized spacial score (nSPS) is 14.2. The lowest BCUT2D eigenvalue weighted by atomic mass is 10.3. The Hall–Kier alpha value is -1.24. The molecule has 0 bridgehead atoms. The minimum absolute atomic E-state index is 0.0903. The zero-order valence-electron chi connectivity index (χ0n) is 12.7. The highest BCUT2D eigenvalue weighted by atomic mass is 32.1. The van der Waals surface area contributed by atoms with Gasteiger partial charge >= 0.3 is 0 Å². The average Bonchev–Trinajstić information content (AvgIpc) is 3.02. The van der Waals surface area contributed by atoms with Gasteiger partial charge in [0.25, 0.3) is 0 Å². The summed E-state index contributed by atoms with van der Waals surface area (Å²) in [6, 6.07) is 4.25. The van der Waals surface area contributed by atoms with Gasteiger partial charge in [-0.3, -0.25) is 4.79 Å². The van der Waals surface area contributed by atoms with Gasteiger partial charge in [0.2, 0.25) is 5.91 Å². The lowest BCUT2D eigenvalue weighted by Gasteiger charge is -2.05. The third kappa shape index (κ3) is 4.63. The summed E-state index contributed by atoms with van der Waals surface area (Å²) in [4.78, 5) is 18.7. The van der Waals surface area contributed by atoms with Crippen LogP contribution in [0.3, 0.4) is 0 Å². The van der Waals surface area contributed by atoms with Crippen molar-refractivity contribution in [3.8, 4) is 10.6 Å². The van der Waals surface area contributed by atoms with Crippen molar-refractivity contribution in [1.82, 2.24) is 15.6 Å². The quantitative estimate of drug-likeness (QED) is 0.780. The second-order valence-corrected chi connectivity index (χ2v) is 7.92. The predicted molar refractivity (Wildman–Crippen MR) is 92.5 cm³/mol. The van der Waals surface area contributed by atoms with E-state index in [4.69, 9.17) is 0 Å². The number of carbonyl (C=O) groups excluding carboxylic acids is 1. The summed E-state index contributed by atoms with van der Waals surface area (Å²) >= 11 is 3.43. The second-order valence-electron chi connectivity index (χ2n) is 5.69. The van der Waals surface area contributed by atoms with Gasteiger partial charge in [0.1, 0.15) is 0 Å². The van der Waals surface area contributed by atoms with E-state index in [1.807, 2.05) is 6.92 Å². The number of amides is 1. The monoisotopic (exact) mass is 335 g/mol. The molecule has 2 heterocycles. The van der Waals surface area contributed by atoms with Crippen molar-refractivity contribution in [1.29, 1.82) is 0 Å². The van der Waals surface area contributed by atoms with Crippen LogP contribution in [0.15, 0.2) is 17.5 Å². The molecule has 2 aromatic heterocycles. The second kappa shape index (κ2) is 7.35. The van der Waals surface area contributed by atoms with Crippen LogP contribution in [-0.2, 0) is 11.2 Å². The molecule has 4 nitrogen and oxygen atoms in total. The molecule has 2 N–H and O–H groups in total. The molecule has 0 atom stereocenters. The number of carbonyl (C=O) groups is 1. The Labute approximate surface area is 139 Å². The number of nitrogens with one attached hydrogen (secondary N) is 2. The van der Waals surface area contributed by atoms with Crippen molar-refractivity contribution in [2.75, 3.05) is 19.6 Å². The first-order valence-corrected chi connectivity index (χ1v) is 9.39. The largest absolute Gasteiger partial charge is 0.355 e. The van der Waals surface area contributed by atoms with Crippen LogP contribution in [-0.4, -0.2) is 30.5 Å². The van der Waals surface area contributed by atoms with E-state index in [2.05, 4.69) is 33.1 Å². The summed E-state index contributed by atoms with van der Waals surface area (Å²) in [5.41, 5.74) is 1.06. The van der Waals surface area contributed by atoms with Gasteiger partial charge in [-0.15, -0.1) is 22.7 Å². The minimum Gasteiger partial charge on any atom is -0.355 e. The van der Waals surface area contributed by atoms with Crippen LogP contribution in [0.4, 0.5) is 0 Å². The maximum Gasteiger partial charge on any atom is 0.233 e. The third-order valence-corrected chi connectivity index (χ3v) is 5.58. The summed E-state index contributed by atoms with van der Waals surface area (Å²) in [7, 11) is 0. The van der Waals surface area contributed by atoms with E-state index in [-0.39, 0.29) is 5.91 Å². The van der Waals surface area contributed by atoms with Crippen molar-refractivity contribution < 1.29 is 4.79 Å². The van der Waals surface area contributed by atoms with E-state index in [1.165, 1.54) is 22.6 Å². The standard InChI is InChI=1S/C16H21N3OS2/c1-11-19-14(10-21-11)15-5-4-13(22-15)6-7-18-16(20)9-17-8-12-2-3-12/h4-5,10,12,17H,2-3,6-9H2,1H3,(H,18,20). The Kier molecular flexibility index (Phi) is 5.23. The maximum atomic E-state index is 11.7. The molecule has 6 heteroatoms. The number of rotatable bonds is 8. The maximum absolute atomic E-state index is 11.7. The SMILES string of the molecule is Cc1nc(-c2ccc(CCNC(=O)CNCC3CC3)s2)cs1. The lowest BCUT2D eigenvalue weighted by molar-refractivity contribution is -0.120. The van der Waals surface area contributed by atoms with Crippen molar-refractivity contribution in [2.24, 2.45) is 5.92 Å². The molecule has 1 saturated carbocycles. The van der Waals surface area contributed by atoms with Crippen LogP contribution >= 0.6 is 22.7 Å². The van der Waals surface area contributed by atoms with Crippen LogP contribution in [0, 0.1) is 12.8 Å². The van der Waals surface area contributed by atoms with Gasteiger partial charge in [-0.25, -0.2) is 4.98 Å². The smallest absolute Gasteiger partial charge is 0.233 e. The van der Waals surface area contributed by atoms with E-state index >= 15 is 0 Å². The van der Waals surface area contributed by atoms with Gasteiger partial charge in [0.15, 0.2) is 0 Å². The molecule has 0 radical (unpaired) electrons. The molecule has 1 amide bonds. The first-order chi connectivity index (χ1) is 10.7. The summed E-state index contributed by atoms with van der Waals surface area (Å²) < 4.78 is 0. The number of hydrogen-bond donors (Lipinski definition) is 2. The number of thiophene rings is 1. The van der Waals surface area contributed by atoms with Gasteiger partial charge in [0, 0.05) is 16.8 Å². The lowest BCUT2D eigenvalue weighted by Crippen LogP contribution is -2.35. The molecule has 0 saturated heterocycles. The molecule has 22 heavy (non-hydrogen) atoms. The Bertz CT molecular complexity index is 631. The molecule has 1 aliphatic carbocycles. The zero-order valence-corrected chi connectivity index (χ0v) is 14.4. The van der Waals surface area contributed by atoms with Crippen LogP contribution in [0.2, 0.25) is 0 Å². The third-order valence-electron chi connectivity index (χ3n) is 3.64. The summed E-state index contributed by atoms with van der Waals surface area (Å²) in [5, 5.41) is 9.37. The fourth-order valence-electron chi connectivity index (χ4n) is 2.23. The number of aromatic nitrogens is 1. The van der Waals surface area contributed by atoms with Gasteiger partial charge < -0.3 is 10.6 Å². The molecular weight excluding hydrogens is 314 g/mol. The van der Waals surface area contributed by atoms with Crippen LogP contribution in [0.25, 0.3) is 10.6 Å². The zero-order chi connectivity index (χ0) is 15.4. The van der Waals surface area contributed by atoms with Gasteiger partial charge in [-0.2, -0.15) is 0 Å². The predicted octanol–water partition coefficient (Wildman–Crippen LogP) is 2.84. The Morgan fingerprint density at radius 1 is 1.41 bits per heavy atom. The van der Waals surface area contributed by atoms with Crippen LogP contribution in [0.5, 0.6) is 0 Å². The number of thiazole rings is 1. The Morgan fingerprint density at radius 3 is 3.00 bits per heavy atom. The van der Waals surface area contributed by atoms with Crippen molar-refractivity contribution in [3.63, 3.8) is 0 Å². The van der Waals surface area contributed by atoms with Crippen LogP contribution in [0.1, 0.15) is 22.7 Å². The molecule has 0 spiro atoms. The minimum atomic E-state index is 0.0903. The average molecular weight is 335 g/mol. The van der Waals surface area contributed by atoms with Crippen LogP contribution < -0.4 is 10.6 Å². The van der Waals surface area contributed by atoms with Gasteiger partial charge in [-0.1, -0.05) is 0 Å². The Morgan fingerprint density at radius 2 is 2.27 bits per heavy atom. The van der Waals surface area contributed by atoms with Gasteiger partial charge in [0.05, 0.1) is 22.1 Å². The fraction of sp³-hybridized carbons (Fsp3) is 0.500. The molecule has 0 aromatic carbocycles. The summed E-state index contributed by atoms with van der Waals surface area (Å²) in [5.74, 6) is 0.902. The molecule has 1 aliphatic rings. The number of nitrogens with zero attached hydrogens (tertiary/aromatic N) is 1.